The summed E-state index contributed by atoms with van der Waals surface area (Å²) in [5.41, 5.74) is 15.8. The first kappa shape index (κ1) is 20.7. The van der Waals surface area contributed by atoms with Crippen LogP contribution in [0.5, 0.6) is 0 Å². The van der Waals surface area contributed by atoms with E-state index in [-0.39, 0.29) is 36.7 Å². The van der Waals surface area contributed by atoms with Crippen molar-refractivity contribution in [1.82, 2.24) is 0 Å². The SMILES string of the molecule is CCOC(=O)[C@H](N)CCCN=C(N)N.Cl.Cl. The molecule has 0 bridgehead atoms. The van der Waals surface area contributed by atoms with Gasteiger partial charge >= 0.3 is 5.97 Å². The molecular weight excluding hydrogens is 255 g/mol. The summed E-state index contributed by atoms with van der Waals surface area (Å²) in [6, 6.07) is -0.579. The minimum Gasteiger partial charge on any atom is -0.465 e. The summed E-state index contributed by atoms with van der Waals surface area (Å²) >= 11 is 0. The van der Waals surface area contributed by atoms with E-state index in [0.29, 0.717) is 26.0 Å². The van der Waals surface area contributed by atoms with Gasteiger partial charge in [-0.1, -0.05) is 0 Å². The number of ether oxygens (including phenoxy) is 1. The Morgan fingerprint density at radius 2 is 1.94 bits per heavy atom. The molecule has 6 nitrogen and oxygen atoms in total. The topological polar surface area (TPSA) is 117 Å². The smallest absolute Gasteiger partial charge is 0.322 e. The van der Waals surface area contributed by atoms with Crippen LogP contribution in [0.25, 0.3) is 0 Å². The van der Waals surface area contributed by atoms with Crippen LogP contribution in [-0.2, 0) is 9.53 Å². The quantitative estimate of drug-likeness (QED) is 0.268. The lowest BCUT2D eigenvalue weighted by molar-refractivity contribution is -0.144. The van der Waals surface area contributed by atoms with Crippen molar-refractivity contribution in [3.05, 3.63) is 0 Å². The molecule has 0 aromatic rings. The number of esters is 1. The fraction of sp³-hybridized carbons (Fsp3) is 0.750. The molecule has 98 valence electrons. The number of hydrogen-bond donors (Lipinski definition) is 3. The summed E-state index contributed by atoms with van der Waals surface area (Å²) in [4.78, 5) is 14.8. The molecular formula is C8H20Cl2N4O2. The highest BCUT2D eigenvalue weighted by atomic mass is 35.5. The zero-order valence-corrected chi connectivity index (χ0v) is 10.9. The Labute approximate surface area is 108 Å². The van der Waals surface area contributed by atoms with Crippen LogP contribution in [0.3, 0.4) is 0 Å². The molecule has 0 spiro atoms. The average Bonchev–Trinajstić information content (AvgIpc) is 2.12. The van der Waals surface area contributed by atoms with E-state index in [4.69, 9.17) is 21.9 Å². The Hall–Kier alpha value is -0.720. The monoisotopic (exact) mass is 274 g/mol. The van der Waals surface area contributed by atoms with E-state index in [1.54, 1.807) is 6.92 Å². The minimum absolute atomic E-state index is 0. The lowest BCUT2D eigenvalue weighted by atomic mass is 10.2. The van der Waals surface area contributed by atoms with E-state index in [0.717, 1.165) is 0 Å². The maximum atomic E-state index is 11.0. The summed E-state index contributed by atoms with van der Waals surface area (Å²) in [5, 5.41) is 0. The van der Waals surface area contributed by atoms with Crippen LogP contribution >= 0.6 is 24.8 Å². The number of aliphatic imine (C=N–C) groups is 1. The third-order valence-electron chi connectivity index (χ3n) is 1.56. The van der Waals surface area contributed by atoms with E-state index >= 15 is 0 Å². The minimum atomic E-state index is -0.579. The fourth-order valence-electron chi connectivity index (χ4n) is 0.887. The van der Waals surface area contributed by atoms with Gasteiger partial charge in [-0.3, -0.25) is 9.79 Å². The van der Waals surface area contributed by atoms with Crippen molar-refractivity contribution in [2.45, 2.75) is 25.8 Å². The Balaban J connectivity index is -0.000000845. The summed E-state index contributed by atoms with van der Waals surface area (Å²) in [5.74, 6) is -0.327. The molecule has 0 aliphatic carbocycles. The highest BCUT2D eigenvalue weighted by molar-refractivity contribution is 5.85. The lowest BCUT2D eigenvalue weighted by Gasteiger charge is -2.08. The zero-order chi connectivity index (χ0) is 11.0. The number of guanidine groups is 1. The van der Waals surface area contributed by atoms with Gasteiger partial charge in [-0.05, 0) is 19.8 Å². The molecule has 0 radical (unpaired) electrons. The number of nitrogens with zero attached hydrogens (tertiary/aromatic N) is 1. The first-order valence-electron chi connectivity index (χ1n) is 4.55. The highest BCUT2D eigenvalue weighted by Crippen LogP contribution is 1.97. The average molecular weight is 275 g/mol. The summed E-state index contributed by atoms with van der Waals surface area (Å²) in [6.07, 6.45) is 1.19. The number of halogens is 2. The summed E-state index contributed by atoms with van der Waals surface area (Å²) in [6.45, 7) is 2.57. The summed E-state index contributed by atoms with van der Waals surface area (Å²) < 4.78 is 4.73. The van der Waals surface area contributed by atoms with Gasteiger partial charge in [-0.25, -0.2) is 0 Å². The third-order valence-corrected chi connectivity index (χ3v) is 1.56. The third kappa shape index (κ3) is 11.4. The molecule has 0 aliphatic rings. The van der Waals surface area contributed by atoms with Gasteiger partial charge in [-0.15, -0.1) is 24.8 Å². The second kappa shape index (κ2) is 12.4. The highest BCUT2D eigenvalue weighted by Gasteiger charge is 2.13. The number of carbonyl (C=O) groups is 1. The van der Waals surface area contributed by atoms with Crippen molar-refractivity contribution in [3.8, 4) is 0 Å². The van der Waals surface area contributed by atoms with Crippen LogP contribution in [0, 0.1) is 0 Å². The van der Waals surface area contributed by atoms with Crippen LogP contribution in [0.2, 0.25) is 0 Å². The molecule has 8 heteroatoms. The number of rotatable bonds is 6. The predicted molar refractivity (Wildman–Crippen MR) is 69.0 cm³/mol. The fourth-order valence-corrected chi connectivity index (χ4v) is 0.887. The molecule has 16 heavy (non-hydrogen) atoms. The zero-order valence-electron chi connectivity index (χ0n) is 9.22. The van der Waals surface area contributed by atoms with Crippen molar-refractivity contribution in [2.75, 3.05) is 13.2 Å². The second-order valence-corrected chi connectivity index (χ2v) is 2.81. The largest absolute Gasteiger partial charge is 0.465 e. The molecule has 0 aromatic carbocycles. The van der Waals surface area contributed by atoms with Crippen LogP contribution in [0.1, 0.15) is 19.8 Å². The van der Waals surface area contributed by atoms with Gasteiger partial charge in [0.1, 0.15) is 6.04 Å². The second-order valence-electron chi connectivity index (χ2n) is 2.81. The molecule has 1 atom stereocenters. The van der Waals surface area contributed by atoms with E-state index in [2.05, 4.69) is 4.99 Å². The van der Waals surface area contributed by atoms with Crippen LogP contribution in [0.15, 0.2) is 4.99 Å². The number of carbonyl (C=O) groups excluding carboxylic acids is 1. The normalized spacial score (nSPS) is 10.4. The predicted octanol–water partition coefficient (Wildman–Crippen LogP) is -0.226. The van der Waals surface area contributed by atoms with E-state index in [9.17, 15) is 4.79 Å². The lowest BCUT2D eigenvalue weighted by Crippen LogP contribution is -2.32. The van der Waals surface area contributed by atoms with Crippen molar-refractivity contribution in [3.63, 3.8) is 0 Å². The van der Waals surface area contributed by atoms with Crippen LogP contribution < -0.4 is 17.2 Å². The molecule has 0 amide bonds. The molecule has 0 heterocycles. The van der Waals surface area contributed by atoms with Crippen LogP contribution in [-0.4, -0.2) is 31.1 Å². The number of hydrogen-bond acceptors (Lipinski definition) is 4. The van der Waals surface area contributed by atoms with Gasteiger partial charge in [0.15, 0.2) is 5.96 Å². The molecule has 0 aromatic heterocycles. The Kier molecular flexibility index (Phi) is 15.9. The van der Waals surface area contributed by atoms with Crippen LogP contribution in [0.4, 0.5) is 0 Å². The molecule has 0 fully saturated rings. The van der Waals surface area contributed by atoms with Gasteiger partial charge in [0, 0.05) is 6.54 Å². The molecule has 0 saturated heterocycles. The van der Waals surface area contributed by atoms with Gasteiger partial charge < -0.3 is 21.9 Å². The molecule has 0 saturated carbocycles. The van der Waals surface area contributed by atoms with Gasteiger partial charge in [0.05, 0.1) is 6.61 Å². The molecule has 0 unspecified atom stereocenters. The summed E-state index contributed by atoms with van der Waals surface area (Å²) in [7, 11) is 0. The van der Waals surface area contributed by atoms with Crippen molar-refractivity contribution < 1.29 is 9.53 Å². The van der Waals surface area contributed by atoms with E-state index in [1.807, 2.05) is 0 Å². The Morgan fingerprint density at radius 3 is 2.38 bits per heavy atom. The Morgan fingerprint density at radius 1 is 1.38 bits per heavy atom. The Bertz CT molecular complexity index is 210. The van der Waals surface area contributed by atoms with Crippen molar-refractivity contribution in [1.29, 1.82) is 0 Å². The number of nitrogens with two attached hydrogens (primary N) is 3. The van der Waals surface area contributed by atoms with Crippen molar-refractivity contribution in [2.24, 2.45) is 22.2 Å². The molecule has 6 N–H and O–H groups in total. The van der Waals surface area contributed by atoms with Crippen molar-refractivity contribution >= 4 is 36.7 Å². The first-order valence-corrected chi connectivity index (χ1v) is 4.55. The first-order chi connectivity index (χ1) is 6.57. The maximum Gasteiger partial charge on any atom is 0.322 e. The van der Waals surface area contributed by atoms with Gasteiger partial charge in [0.25, 0.3) is 0 Å². The maximum absolute atomic E-state index is 11.0. The molecule has 0 aliphatic heterocycles. The van der Waals surface area contributed by atoms with Gasteiger partial charge in [-0.2, -0.15) is 0 Å². The van der Waals surface area contributed by atoms with E-state index < -0.39 is 6.04 Å². The van der Waals surface area contributed by atoms with E-state index in [1.165, 1.54) is 0 Å². The van der Waals surface area contributed by atoms with Gasteiger partial charge in [0.2, 0.25) is 0 Å². The molecule has 0 rings (SSSR count). The standard InChI is InChI=1S/C8H18N4O2.2ClH/c1-2-14-7(13)6(9)4-3-5-12-8(10)11;;/h6H,2-5,9H2,1H3,(H4,10,11,12);2*1H/t6-;;/m1../s1.